The van der Waals surface area contributed by atoms with Crippen molar-refractivity contribution in [1.82, 2.24) is 19.9 Å². The minimum atomic E-state index is -0.176. The lowest BCUT2D eigenvalue weighted by molar-refractivity contribution is -0.114. The average molecular weight is 364 g/mol. The van der Waals surface area contributed by atoms with Crippen LogP contribution in [0.2, 0.25) is 5.15 Å². The van der Waals surface area contributed by atoms with E-state index in [9.17, 15) is 4.79 Å². The molecule has 6 nitrogen and oxygen atoms in total. The Morgan fingerprint density at radius 3 is 2.81 bits per heavy atom. The van der Waals surface area contributed by atoms with Crippen molar-refractivity contribution in [2.45, 2.75) is 6.92 Å². The fraction of sp³-hybridized carbons (Fsp3) is 0.0526. The van der Waals surface area contributed by atoms with Gasteiger partial charge in [-0.1, -0.05) is 17.7 Å². The smallest absolute Gasteiger partial charge is 0.222 e. The van der Waals surface area contributed by atoms with Crippen molar-refractivity contribution in [3.8, 4) is 22.5 Å². The van der Waals surface area contributed by atoms with Crippen molar-refractivity contribution in [2.24, 2.45) is 0 Å². The van der Waals surface area contributed by atoms with Crippen LogP contribution in [0.25, 0.3) is 33.5 Å². The van der Waals surface area contributed by atoms with Crippen LogP contribution in [-0.2, 0) is 4.79 Å². The molecule has 7 heteroatoms. The highest BCUT2D eigenvalue weighted by molar-refractivity contribution is 6.29. The number of nitrogens with one attached hydrogen (secondary N) is 2. The predicted molar refractivity (Wildman–Crippen MR) is 102 cm³/mol. The fourth-order valence-corrected chi connectivity index (χ4v) is 3.03. The number of pyridine rings is 3. The van der Waals surface area contributed by atoms with E-state index in [-0.39, 0.29) is 5.91 Å². The molecule has 4 heterocycles. The molecule has 0 aromatic carbocycles. The molecule has 2 N–H and O–H groups in total. The Morgan fingerprint density at radius 2 is 2.00 bits per heavy atom. The maximum atomic E-state index is 11.3. The molecule has 4 aromatic rings. The molecule has 0 bridgehead atoms. The molecule has 0 saturated heterocycles. The third-order valence-electron chi connectivity index (χ3n) is 3.88. The molecule has 0 saturated carbocycles. The molecule has 0 atom stereocenters. The van der Waals surface area contributed by atoms with Crippen LogP contribution in [0.5, 0.6) is 0 Å². The van der Waals surface area contributed by atoms with Gasteiger partial charge in [-0.15, -0.1) is 0 Å². The second-order valence-corrected chi connectivity index (χ2v) is 6.12. The second-order valence-electron chi connectivity index (χ2n) is 5.73. The van der Waals surface area contributed by atoms with E-state index in [1.165, 1.54) is 6.92 Å². The van der Waals surface area contributed by atoms with Crippen LogP contribution in [0.15, 0.2) is 54.9 Å². The van der Waals surface area contributed by atoms with E-state index in [0.717, 1.165) is 33.5 Å². The number of carbonyl (C=O) groups is 1. The van der Waals surface area contributed by atoms with Gasteiger partial charge in [-0.25, -0.2) is 9.97 Å². The van der Waals surface area contributed by atoms with Gasteiger partial charge in [0.25, 0.3) is 0 Å². The molecule has 128 valence electrons. The Balaban J connectivity index is 1.96. The van der Waals surface area contributed by atoms with Crippen LogP contribution >= 0.6 is 11.6 Å². The lowest BCUT2D eigenvalue weighted by Crippen LogP contribution is -2.07. The molecule has 0 fully saturated rings. The van der Waals surface area contributed by atoms with Crippen molar-refractivity contribution in [1.29, 1.82) is 0 Å². The molecule has 0 radical (unpaired) electrons. The van der Waals surface area contributed by atoms with Gasteiger partial charge in [0, 0.05) is 24.9 Å². The molecule has 26 heavy (non-hydrogen) atoms. The predicted octanol–water partition coefficient (Wildman–Crippen LogP) is 4.30. The number of hydrogen-bond donors (Lipinski definition) is 2. The normalized spacial score (nSPS) is 10.8. The Bertz CT molecular complexity index is 1120. The Kier molecular flexibility index (Phi) is 4.10. The number of amides is 1. The number of aromatic amines is 1. The summed E-state index contributed by atoms with van der Waals surface area (Å²) in [5.41, 5.74) is 4.95. The number of anilines is 1. The monoisotopic (exact) mass is 363 g/mol. The van der Waals surface area contributed by atoms with Gasteiger partial charge in [0.1, 0.15) is 11.0 Å². The lowest BCUT2D eigenvalue weighted by Gasteiger charge is -2.07. The molecule has 0 unspecified atom stereocenters. The zero-order chi connectivity index (χ0) is 18.1. The topological polar surface area (TPSA) is 83.6 Å². The summed E-state index contributed by atoms with van der Waals surface area (Å²) < 4.78 is 0. The third kappa shape index (κ3) is 3.02. The van der Waals surface area contributed by atoms with Gasteiger partial charge in [0.05, 0.1) is 28.0 Å². The van der Waals surface area contributed by atoms with E-state index in [4.69, 9.17) is 11.6 Å². The largest absolute Gasteiger partial charge is 0.353 e. The van der Waals surface area contributed by atoms with Gasteiger partial charge >= 0.3 is 0 Å². The minimum Gasteiger partial charge on any atom is -0.353 e. The highest BCUT2D eigenvalue weighted by Gasteiger charge is 2.18. The van der Waals surface area contributed by atoms with Crippen molar-refractivity contribution in [3.63, 3.8) is 0 Å². The van der Waals surface area contributed by atoms with Gasteiger partial charge < -0.3 is 10.3 Å². The van der Waals surface area contributed by atoms with Gasteiger partial charge in [-0.05, 0) is 36.4 Å². The summed E-state index contributed by atoms with van der Waals surface area (Å²) in [7, 11) is 0. The first-order valence-corrected chi connectivity index (χ1v) is 8.33. The van der Waals surface area contributed by atoms with Crippen LogP contribution in [0, 0.1) is 0 Å². The fourth-order valence-electron chi connectivity index (χ4n) is 2.87. The number of H-pyrrole nitrogens is 1. The zero-order valence-corrected chi connectivity index (χ0v) is 14.6. The van der Waals surface area contributed by atoms with Gasteiger partial charge in [0.2, 0.25) is 5.91 Å². The van der Waals surface area contributed by atoms with Crippen LogP contribution in [-0.4, -0.2) is 25.8 Å². The first-order chi connectivity index (χ1) is 12.6. The van der Waals surface area contributed by atoms with Gasteiger partial charge in [-0.3, -0.25) is 9.78 Å². The maximum Gasteiger partial charge on any atom is 0.222 e. The van der Waals surface area contributed by atoms with Crippen molar-refractivity contribution in [2.75, 3.05) is 5.32 Å². The highest BCUT2D eigenvalue weighted by Crippen LogP contribution is 2.37. The maximum absolute atomic E-state index is 11.3. The summed E-state index contributed by atoms with van der Waals surface area (Å²) in [6.07, 6.45) is 3.39. The van der Waals surface area contributed by atoms with Crippen LogP contribution in [0.4, 0.5) is 5.82 Å². The number of rotatable bonds is 3. The number of hydrogen-bond acceptors (Lipinski definition) is 4. The summed E-state index contributed by atoms with van der Waals surface area (Å²) in [4.78, 5) is 27.9. The molecule has 0 aliphatic rings. The van der Waals surface area contributed by atoms with Crippen LogP contribution in [0.3, 0.4) is 0 Å². The molecule has 0 aliphatic heterocycles. The molecular weight excluding hydrogens is 350 g/mol. The lowest BCUT2D eigenvalue weighted by atomic mass is 10.0. The highest BCUT2D eigenvalue weighted by atomic mass is 35.5. The molecule has 4 aromatic heterocycles. The van der Waals surface area contributed by atoms with E-state index < -0.39 is 0 Å². The second kappa shape index (κ2) is 6.57. The Morgan fingerprint density at radius 1 is 1.12 bits per heavy atom. The molecular formula is C19H14ClN5O. The number of nitrogens with zero attached hydrogens (tertiary/aromatic N) is 3. The summed E-state index contributed by atoms with van der Waals surface area (Å²) in [5, 5.41) is 3.11. The van der Waals surface area contributed by atoms with E-state index >= 15 is 0 Å². The number of aromatic nitrogens is 4. The SMILES string of the molecule is CC(=O)Nc1cc(-c2[nH]c3cccnc3c2-c2cccc(Cl)n2)ccn1. The molecule has 0 spiro atoms. The van der Waals surface area contributed by atoms with Crippen molar-refractivity contribution >= 4 is 34.4 Å². The summed E-state index contributed by atoms with van der Waals surface area (Å²) in [6, 6.07) is 13.0. The Hall–Kier alpha value is -3.25. The minimum absolute atomic E-state index is 0.176. The molecule has 0 aliphatic carbocycles. The number of carbonyl (C=O) groups excluding carboxylic acids is 1. The number of halogens is 1. The van der Waals surface area contributed by atoms with Gasteiger partial charge in [-0.2, -0.15) is 0 Å². The summed E-state index contributed by atoms with van der Waals surface area (Å²) >= 11 is 6.09. The van der Waals surface area contributed by atoms with Crippen LogP contribution in [0.1, 0.15) is 6.92 Å². The van der Waals surface area contributed by atoms with Crippen LogP contribution < -0.4 is 5.32 Å². The molecule has 4 rings (SSSR count). The van der Waals surface area contributed by atoms with Gasteiger partial charge in [0.15, 0.2) is 0 Å². The Labute approximate surface area is 154 Å². The van der Waals surface area contributed by atoms with Crippen molar-refractivity contribution < 1.29 is 4.79 Å². The first-order valence-electron chi connectivity index (χ1n) is 7.95. The third-order valence-corrected chi connectivity index (χ3v) is 4.09. The van der Waals surface area contributed by atoms with E-state index in [1.807, 2.05) is 30.3 Å². The first kappa shape index (κ1) is 16.2. The summed E-state index contributed by atoms with van der Waals surface area (Å²) in [6.45, 7) is 1.45. The zero-order valence-electron chi connectivity index (χ0n) is 13.8. The van der Waals surface area contributed by atoms with Crippen molar-refractivity contribution in [3.05, 3.63) is 60.0 Å². The quantitative estimate of drug-likeness (QED) is 0.531. The van der Waals surface area contributed by atoms with E-state index in [1.54, 1.807) is 24.5 Å². The molecule has 1 amide bonds. The average Bonchev–Trinajstić information content (AvgIpc) is 3.01. The van der Waals surface area contributed by atoms with E-state index in [2.05, 4.69) is 25.3 Å². The number of fused-ring (bicyclic) bond motifs is 1. The van der Waals surface area contributed by atoms with E-state index in [0.29, 0.717) is 11.0 Å². The summed E-state index contributed by atoms with van der Waals surface area (Å²) in [5.74, 6) is 0.302. The standard InChI is InChI=1S/C19H14ClN5O/c1-11(26)23-16-10-12(7-9-21-16)18-17(13-4-2-6-15(20)24-13)19-14(25-18)5-3-8-22-19/h2-10,25H,1H3,(H,21,23,26).